The van der Waals surface area contributed by atoms with Crippen LogP contribution in [0.4, 0.5) is 0 Å². The number of aryl methyl sites for hydroxylation is 1. The molecule has 2 atom stereocenters. The van der Waals surface area contributed by atoms with Crippen molar-refractivity contribution < 1.29 is 15.0 Å². The maximum absolute atomic E-state index is 11.9. The second-order valence-corrected chi connectivity index (χ2v) is 3.75. The van der Waals surface area contributed by atoms with E-state index in [1.807, 2.05) is 0 Å². The average molecular weight is 211 g/mol. The van der Waals surface area contributed by atoms with Crippen molar-refractivity contribution in [3.8, 4) is 0 Å². The number of β-amino-alcohol motifs (C(OH)–C–C–N with tert-alkyl or cyclic N) is 2. The largest absolute Gasteiger partial charge is 0.388 e. The minimum atomic E-state index is -0.846. The highest BCUT2D eigenvalue weighted by Crippen LogP contribution is 2.15. The number of aromatic amines is 1. The molecule has 1 amide bonds. The molecule has 1 aliphatic heterocycles. The number of hydrogen-bond donors (Lipinski definition) is 3. The van der Waals surface area contributed by atoms with E-state index in [0.717, 1.165) is 0 Å². The predicted octanol–water partition coefficient (Wildman–Crippen LogP) is -1.10. The number of nitrogens with zero attached hydrogens (tertiary/aromatic N) is 2. The highest BCUT2D eigenvalue weighted by molar-refractivity contribution is 5.95. The molecule has 1 aliphatic rings. The summed E-state index contributed by atoms with van der Waals surface area (Å²) in [5, 5.41) is 25.1. The summed E-state index contributed by atoms with van der Waals surface area (Å²) in [7, 11) is 0. The molecule has 0 aromatic carbocycles. The molecular formula is C9H13N3O3. The molecule has 1 aromatic heterocycles. The van der Waals surface area contributed by atoms with Crippen LogP contribution in [-0.2, 0) is 0 Å². The molecule has 1 aromatic rings. The second kappa shape index (κ2) is 3.63. The minimum absolute atomic E-state index is 0.171. The van der Waals surface area contributed by atoms with Gasteiger partial charge in [-0.3, -0.25) is 9.89 Å². The lowest BCUT2D eigenvalue weighted by molar-refractivity contribution is 0.0572. The number of aliphatic hydroxyl groups is 2. The Morgan fingerprint density at radius 2 is 2.13 bits per heavy atom. The molecule has 6 heteroatoms. The van der Waals surface area contributed by atoms with Gasteiger partial charge in [-0.25, -0.2) is 0 Å². The predicted molar refractivity (Wildman–Crippen MR) is 51.2 cm³/mol. The third kappa shape index (κ3) is 1.73. The lowest BCUT2D eigenvalue weighted by atomic mass is 10.2. The van der Waals surface area contributed by atoms with Gasteiger partial charge in [-0.1, -0.05) is 0 Å². The number of nitrogens with one attached hydrogen (secondary N) is 1. The van der Waals surface area contributed by atoms with E-state index in [0.29, 0.717) is 11.3 Å². The monoisotopic (exact) mass is 211 g/mol. The standard InChI is InChI=1S/C9H13N3O3/c1-5-6(2-10-11-5)9(15)12-3-7(13)8(14)4-12/h2,7-8,13-14H,3-4H2,1H3,(H,10,11)/t7-,8+. The molecule has 1 fully saturated rings. The van der Waals surface area contributed by atoms with Gasteiger partial charge in [0.15, 0.2) is 0 Å². The molecule has 3 N–H and O–H groups in total. The Morgan fingerprint density at radius 3 is 2.60 bits per heavy atom. The van der Waals surface area contributed by atoms with Crippen molar-refractivity contribution in [1.29, 1.82) is 0 Å². The van der Waals surface area contributed by atoms with Gasteiger partial charge in [-0.2, -0.15) is 5.10 Å². The minimum Gasteiger partial charge on any atom is -0.388 e. The van der Waals surface area contributed by atoms with Gasteiger partial charge in [0.1, 0.15) is 0 Å². The van der Waals surface area contributed by atoms with Crippen LogP contribution in [0.3, 0.4) is 0 Å². The Balaban J connectivity index is 2.13. The number of carbonyl (C=O) groups excluding carboxylic acids is 1. The molecule has 15 heavy (non-hydrogen) atoms. The molecule has 2 heterocycles. The van der Waals surface area contributed by atoms with Crippen LogP contribution < -0.4 is 0 Å². The van der Waals surface area contributed by atoms with E-state index in [2.05, 4.69) is 10.2 Å². The number of hydrogen-bond acceptors (Lipinski definition) is 4. The van der Waals surface area contributed by atoms with Gasteiger partial charge in [0.2, 0.25) is 0 Å². The summed E-state index contributed by atoms with van der Waals surface area (Å²) in [4.78, 5) is 13.3. The molecule has 2 rings (SSSR count). The van der Waals surface area contributed by atoms with E-state index in [9.17, 15) is 15.0 Å². The fraction of sp³-hybridized carbons (Fsp3) is 0.556. The summed E-state index contributed by atoms with van der Waals surface area (Å²) < 4.78 is 0. The van der Waals surface area contributed by atoms with Crippen molar-refractivity contribution in [2.24, 2.45) is 0 Å². The first-order valence-corrected chi connectivity index (χ1v) is 4.75. The second-order valence-electron chi connectivity index (χ2n) is 3.75. The third-order valence-corrected chi connectivity index (χ3v) is 2.61. The summed E-state index contributed by atoms with van der Waals surface area (Å²) in [6.07, 6.45) is -0.239. The first-order chi connectivity index (χ1) is 7.09. The van der Waals surface area contributed by atoms with Gasteiger partial charge in [0, 0.05) is 18.8 Å². The number of amides is 1. The summed E-state index contributed by atoms with van der Waals surface area (Å²) in [5.41, 5.74) is 1.17. The topological polar surface area (TPSA) is 89.5 Å². The highest BCUT2D eigenvalue weighted by atomic mass is 16.3. The first-order valence-electron chi connectivity index (χ1n) is 4.75. The maximum atomic E-state index is 11.9. The normalized spacial score (nSPS) is 25.9. The molecule has 0 saturated carbocycles. The average Bonchev–Trinajstić information content (AvgIpc) is 2.74. The highest BCUT2D eigenvalue weighted by Gasteiger charge is 2.33. The number of rotatable bonds is 1. The van der Waals surface area contributed by atoms with Crippen molar-refractivity contribution in [3.63, 3.8) is 0 Å². The van der Waals surface area contributed by atoms with Gasteiger partial charge >= 0.3 is 0 Å². The number of carbonyl (C=O) groups is 1. The Labute approximate surface area is 86.5 Å². The molecular weight excluding hydrogens is 198 g/mol. The SMILES string of the molecule is Cc1[nH]ncc1C(=O)N1C[C@@H](O)[C@@H](O)C1. The smallest absolute Gasteiger partial charge is 0.257 e. The van der Waals surface area contributed by atoms with E-state index in [1.54, 1.807) is 6.92 Å². The van der Waals surface area contributed by atoms with Crippen molar-refractivity contribution >= 4 is 5.91 Å². The van der Waals surface area contributed by atoms with Gasteiger partial charge < -0.3 is 15.1 Å². The lowest BCUT2D eigenvalue weighted by Gasteiger charge is -2.14. The molecule has 0 aliphatic carbocycles. The fourth-order valence-corrected chi connectivity index (χ4v) is 1.67. The zero-order valence-corrected chi connectivity index (χ0v) is 8.34. The maximum Gasteiger partial charge on any atom is 0.257 e. The first kappa shape index (κ1) is 10.1. The van der Waals surface area contributed by atoms with E-state index in [4.69, 9.17) is 0 Å². The molecule has 6 nitrogen and oxygen atoms in total. The quantitative estimate of drug-likeness (QED) is 0.550. The number of H-pyrrole nitrogens is 1. The van der Waals surface area contributed by atoms with E-state index < -0.39 is 12.2 Å². The van der Waals surface area contributed by atoms with Crippen LogP contribution in [0.25, 0.3) is 0 Å². The van der Waals surface area contributed by atoms with Gasteiger partial charge in [-0.15, -0.1) is 0 Å². The van der Waals surface area contributed by atoms with Crippen LogP contribution in [0.1, 0.15) is 16.1 Å². The zero-order chi connectivity index (χ0) is 11.0. The fourth-order valence-electron chi connectivity index (χ4n) is 1.67. The Bertz CT molecular complexity index is 366. The van der Waals surface area contributed by atoms with Crippen LogP contribution in [0.15, 0.2) is 6.20 Å². The lowest BCUT2D eigenvalue weighted by Crippen LogP contribution is -2.30. The van der Waals surface area contributed by atoms with Crippen molar-refractivity contribution in [2.45, 2.75) is 19.1 Å². The number of aliphatic hydroxyl groups excluding tert-OH is 2. The molecule has 82 valence electrons. The van der Waals surface area contributed by atoms with Gasteiger partial charge in [-0.05, 0) is 6.92 Å². The van der Waals surface area contributed by atoms with Gasteiger partial charge in [0.05, 0.1) is 24.0 Å². The van der Waals surface area contributed by atoms with Crippen molar-refractivity contribution in [2.75, 3.05) is 13.1 Å². The Morgan fingerprint density at radius 1 is 1.53 bits per heavy atom. The molecule has 1 saturated heterocycles. The van der Waals surface area contributed by atoms with Crippen LogP contribution >= 0.6 is 0 Å². The molecule has 0 radical (unpaired) electrons. The Kier molecular flexibility index (Phi) is 2.45. The number of aromatic nitrogens is 2. The molecule has 0 unspecified atom stereocenters. The van der Waals surface area contributed by atoms with Crippen LogP contribution in [0.2, 0.25) is 0 Å². The van der Waals surface area contributed by atoms with Crippen LogP contribution in [0, 0.1) is 6.92 Å². The summed E-state index contributed by atoms with van der Waals surface area (Å²) in [5.74, 6) is -0.211. The summed E-state index contributed by atoms with van der Waals surface area (Å²) in [6, 6.07) is 0. The van der Waals surface area contributed by atoms with E-state index in [-0.39, 0.29) is 19.0 Å². The summed E-state index contributed by atoms with van der Waals surface area (Å²) >= 11 is 0. The van der Waals surface area contributed by atoms with Crippen molar-refractivity contribution in [3.05, 3.63) is 17.5 Å². The summed E-state index contributed by atoms with van der Waals surface area (Å²) in [6.45, 7) is 2.10. The molecule has 0 spiro atoms. The number of likely N-dealkylation sites (tertiary alicyclic amines) is 1. The Hall–Kier alpha value is -1.40. The van der Waals surface area contributed by atoms with Crippen LogP contribution in [-0.4, -0.2) is 56.5 Å². The van der Waals surface area contributed by atoms with E-state index in [1.165, 1.54) is 11.1 Å². The van der Waals surface area contributed by atoms with Crippen molar-refractivity contribution in [1.82, 2.24) is 15.1 Å². The van der Waals surface area contributed by atoms with E-state index >= 15 is 0 Å². The third-order valence-electron chi connectivity index (χ3n) is 2.61. The zero-order valence-electron chi connectivity index (χ0n) is 8.34. The van der Waals surface area contributed by atoms with Gasteiger partial charge in [0.25, 0.3) is 5.91 Å². The van der Waals surface area contributed by atoms with Crippen LogP contribution in [0.5, 0.6) is 0 Å². The molecule has 0 bridgehead atoms.